The van der Waals surface area contributed by atoms with Crippen LogP contribution in [0.5, 0.6) is 11.5 Å². The van der Waals surface area contributed by atoms with E-state index in [1.165, 1.54) is 30.4 Å². The summed E-state index contributed by atoms with van der Waals surface area (Å²) < 4.78 is 33.5. The zero-order valence-electron chi connectivity index (χ0n) is 18.8. The number of phenols is 1. The molecule has 3 N–H and O–H groups in total. The van der Waals surface area contributed by atoms with Crippen LogP contribution in [0, 0.1) is 5.92 Å². The van der Waals surface area contributed by atoms with Crippen LogP contribution in [0.15, 0.2) is 30.4 Å². The third-order valence-electron chi connectivity index (χ3n) is 5.18. The van der Waals surface area contributed by atoms with Crippen LogP contribution in [0.2, 0.25) is 0 Å². The van der Waals surface area contributed by atoms with Gasteiger partial charge in [0.05, 0.1) is 18.5 Å². The predicted molar refractivity (Wildman–Crippen MR) is 122 cm³/mol. The van der Waals surface area contributed by atoms with E-state index >= 15 is 0 Å². The maximum atomic E-state index is 12.8. The Morgan fingerprint density at radius 1 is 1.15 bits per heavy atom. The van der Waals surface area contributed by atoms with Crippen LogP contribution in [0.4, 0.5) is 0 Å². The Labute approximate surface area is 193 Å². The fourth-order valence-electron chi connectivity index (χ4n) is 3.06. The minimum atomic E-state index is -3.13. The Morgan fingerprint density at radius 3 is 2.52 bits per heavy atom. The van der Waals surface area contributed by atoms with E-state index in [2.05, 4.69) is 0 Å². The van der Waals surface area contributed by atoms with Crippen molar-refractivity contribution in [1.82, 2.24) is 0 Å². The van der Waals surface area contributed by atoms with E-state index in [4.69, 9.17) is 9.47 Å². The van der Waals surface area contributed by atoms with Gasteiger partial charge in [-0.1, -0.05) is 25.2 Å². The van der Waals surface area contributed by atoms with Crippen molar-refractivity contribution < 1.29 is 42.8 Å². The highest BCUT2D eigenvalue weighted by Crippen LogP contribution is 2.31. The summed E-state index contributed by atoms with van der Waals surface area (Å²) in [4.78, 5) is 24.9. The molecule has 0 aliphatic carbocycles. The highest BCUT2D eigenvalue weighted by Gasteiger charge is 2.25. The molecule has 1 aromatic rings. The number of rotatable bonds is 5. The van der Waals surface area contributed by atoms with E-state index in [0.717, 1.165) is 12.3 Å². The Kier molecular flexibility index (Phi) is 9.21. The number of hydrogen-bond donors (Lipinski definition) is 3. The standard InChI is InChI=1S/C23H30O9S/c1-14-8-9-19(25)22(27)18(24)7-4-6-16-12-17(31-10-5-11-33(3,29)30)13-20(26)21(16)23(28)32-15(14)2/h4,6,8-9,12-15,18,22,24,26-27H,5,7,10-11H2,1-3H3/b6-4+,9-8-/t14-,15+,18+,22?/m1/s1. The highest BCUT2D eigenvalue weighted by atomic mass is 32.2. The average Bonchev–Trinajstić information content (AvgIpc) is 2.72. The first-order valence-corrected chi connectivity index (χ1v) is 12.6. The molecule has 9 nitrogen and oxygen atoms in total. The van der Waals surface area contributed by atoms with Crippen molar-refractivity contribution >= 4 is 27.7 Å². The molecule has 0 bridgehead atoms. The van der Waals surface area contributed by atoms with Gasteiger partial charge in [-0.15, -0.1) is 0 Å². The van der Waals surface area contributed by atoms with Crippen molar-refractivity contribution in [2.24, 2.45) is 5.92 Å². The average molecular weight is 483 g/mol. The molecule has 1 aromatic carbocycles. The second kappa shape index (κ2) is 11.4. The lowest BCUT2D eigenvalue weighted by atomic mass is 9.99. The highest BCUT2D eigenvalue weighted by molar-refractivity contribution is 7.90. The van der Waals surface area contributed by atoms with Crippen LogP contribution in [0.3, 0.4) is 0 Å². The van der Waals surface area contributed by atoms with Gasteiger partial charge in [-0.05, 0) is 37.5 Å². The van der Waals surface area contributed by atoms with Gasteiger partial charge in [0.25, 0.3) is 0 Å². The number of aromatic hydroxyl groups is 1. The molecule has 4 atom stereocenters. The maximum Gasteiger partial charge on any atom is 0.342 e. The molecule has 1 heterocycles. The number of carbonyl (C=O) groups is 2. The largest absolute Gasteiger partial charge is 0.507 e. The number of ether oxygens (including phenoxy) is 2. The summed E-state index contributed by atoms with van der Waals surface area (Å²) >= 11 is 0. The lowest BCUT2D eigenvalue weighted by molar-refractivity contribution is -0.127. The van der Waals surface area contributed by atoms with Crippen LogP contribution < -0.4 is 4.74 Å². The van der Waals surface area contributed by atoms with Crippen molar-refractivity contribution in [1.29, 1.82) is 0 Å². The Morgan fingerprint density at radius 2 is 1.85 bits per heavy atom. The van der Waals surface area contributed by atoms with E-state index in [-0.39, 0.29) is 48.0 Å². The first-order chi connectivity index (χ1) is 15.4. The molecule has 0 saturated heterocycles. The topological polar surface area (TPSA) is 147 Å². The third kappa shape index (κ3) is 7.99. The van der Waals surface area contributed by atoms with Crippen LogP contribution in [-0.4, -0.2) is 72.4 Å². The fraction of sp³-hybridized carbons (Fsp3) is 0.478. The number of cyclic esters (lactones) is 1. The molecule has 10 heteroatoms. The van der Waals surface area contributed by atoms with Gasteiger partial charge in [-0.25, -0.2) is 13.2 Å². The van der Waals surface area contributed by atoms with Gasteiger partial charge in [-0.2, -0.15) is 0 Å². The molecule has 2 rings (SSSR count). The SMILES string of the molecule is C[C@@H]1/C=C\C(=O)C(O)[C@@H](O)C/C=C/c2cc(OCCCS(C)(=O)=O)cc(O)c2C(=O)O[C@H]1C. The molecule has 0 aromatic heterocycles. The Balaban J connectivity index is 2.37. The lowest BCUT2D eigenvalue weighted by Crippen LogP contribution is -2.32. The van der Waals surface area contributed by atoms with Crippen molar-refractivity contribution in [3.05, 3.63) is 41.5 Å². The maximum absolute atomic E-state index is 12.8. The van der Waals surface area contributed by atoms with Gasteiger partial charge in [0, 0.05) is 18.2 Å². The summed E-state index contributed by atoms with van der Waals surface area (Å²) in [5.74, 6) is -2.08. The van der Waals surface area contributed by atoms with Gasteiger partial charge in [-0.3, -0.25) is 4.79 Å². The summed E-state index contributed by atoms with van der Waals surface area (Å²) in [7, 11) is -3.13. The van der Waals surface area contributed by atoms with E-state index in [9.17, 15) is 33.3 Å². The lowest BCUT2D eigenvalue weighted by Gasteiger charge is -2.20. The first-order valence-electron chi connectivity index (χ1n) is 10.5. The van der Waals surface area contributed by atoms with E-state index < -0.39 is 45.7 Å². The van der Waals surface area contributed by atoms with Gasteiger partial charge in [0.2, 0.25) is 0 Å². The zero-order valence-corrected chi connectivity index (χ0v) is 19.6. The summed E-state index contributed by atoms with van der Waals surface area (Å²) in [6.45, 7) is 3.41. The number of ketones is 1. The predicted octanol–water partition coefficient (Wildman–Crippen LogP) is 1.65. The fourth-order valence-corrected chi connectivity index (χ4v) is 3.70. The van der Waals surface area contributed by atoms with E-state index in [1.54, 1.807) is 13.8 Å². The number of sulfone groups is 1. The number of hydrogen-bond acceptors (Lipinski definition) is 9. The van der Waals surface area contributed by atoms with Crippen LogP contribution in [0.1, 0.15) is 42.6 Å². The number of aliphatic hydroxyl groups excluding tert-OH is 2. The number of phenolic OH excluding ortho intramolecular Hbond substituents is 1. The molecule has 0 radical (unpaired) electrons. The third-order valence-corrected chi connectivity index (χ3v) is 6.21. The second-order valence-corrected chi connectivity index (χ2v) is 10.4. The van der Waals surface area contributed by atoms with E-state index in [1.807, 2.05) is 0 Å². The van der Waals surface area contributed by atoms with E-state index in [0.29, 0.717) is 0 Å². The molecule has 0 spiro atoms. The molecule has 0 amide bonds. The Hall–Kier alpha value is -2.69. The summed E-state index contributed by atoms with van der Waals surface area (Å²) in [5.41, 5.74) is 0.125. The molecule has 33 heavy (non-hydrogen) atoms. The van der Waals surface area contributed by atoms with Crippen LogP contribution >= 0.6 is 0 Å². The van der Waals surface area contributed by atoms with Crippen molar-refractivity contribution in [3.8, 4) is 11.5 Å². The van der Waals surface area contributed by atoms with Crippen LogP contribution in [0.25, 0.3) is 6.08 Å². The quantitative estimate of drug-likeness (QED) is 0.421. The zero-order chi connectivity index (χ0) is 24.8. The monoisotopic (exact) mass is 482 g/mol. The molecule has 1 aliphatic rings. The normalized spacial score (nSPS) is 26.6. The van der Waals surface area contributed by atoms with Crippen molar-refractivity contribution in [2.45, 2.75) is 45.0 Å². The molecule has 1 unspecified atom stereocenters. The first kappa shape index (κ1) is 26.6. The van der Waals surface area contributed by atoms with Gasteiger partial charge >= 0.3 is 5.97 Å². The molecular formula is C23H30O9S. The minimum absolute atomic E-state index is 0.0559. The molecular weight excluding hydrogens is 452 g/mol. The van der Waals surface area contributed by atoms with Crippen molar-refractivity contribution in [3.63, 3.8) is 0 Å². The van der Waals surface area contributed by atoms with Crippen LogP contribution in [-0.2, 0) is 19.4 Å². The van der Waals surface area contributed by atoms with Gasteiger partial charge < -0.3 is 24.8 Å². The number of carbonyl (C=O) groups excluding carboxylic acids is 2. The number of aliphatic hydroxyl groups is 2. The second-order valence-electron chi connectivity index (χ2n) is 8.12. The minimum Gasteiger partial charge on any atom is -0.507 e. The van der Waals surface area contributed by atoms with Gasteiger partial charge in [0.15, 0.2) is 5.78 Å². The smallest absolute Gasteiger partial charge is 0.342 e. The summed E-state index contributed by atoms with van der Waals surface area (Å²) in [6, 6.07) is 2.71. The molecule has 1 aliphatic heterocycles. The summed E-state index contributed by atoms with van der Waals surface area (Å²) in [5, 5.41) is 30.7. The molecule has 0 fully saturated rings. The summed E-state index contributed by atoms with van der Waals surface area (Å²) in [6.07, 6.45) is 3.15. The van der Waals surface area contributed by atoms with Gasteiger partial charge in [0.1, 0.15) is 39.1 Å². The molecule has 0 saturated carbocycles. The number of fused-ring (bicyclic) bond motifs is 1. The van der Waals surface area contributed by atoms with Crippen molar-refractivity contribution in [2.75, 3.05) is 18.6 Å². The number of benzene rings is 1. The number of esters is 1. The Bertz CT molecular complexity index is 1030. The molecule has 182 valence electrons.